The third kappa shape index (κ3) is 1.73. The summed E-state index contributed by atoms with van der Waals surface area (Å²) >= 11 is 4.92. The Morgan fingerprint density at radius 3 is 2.92 bits per heavy atom. The van der Waals surface area contributed by atoms with Crippen molar-refractivity contribution in [2.24, 2.45) is 0 Å². The van der Waals surface area contributed by atoms with Crippen LogP contribution in [-0.4, -0.2) is 9.55 Å². The first-order valence-corrected chi connectivity index (χ1v) is 4.15. The number of hydrogen-bond acceptors (Lipinski definition) is 3. The highest BCUT2D eigenvalue weighted by Crippen LogP contribution is 1.92. The number of nitrogens with one attached hydrogen (secondary N) is 1. The molecule has 0 saturated heterocycles. The highest BCUT2D eigenvalue weighted by atomic mass is 32.1. The molecule has 12 heavy (non-hydrogen) atoms. The smallest absolute Gasteiger partial charge is 0.256 e. The minimum atomic E-state index is -0.141. The van der Waals surface area contributed by atoms with Crippen LogP contribution in [0.25, 0.3) is 0 Å². The Labute approximate surface area is 75.0 Å². The number of nitrogens with two attached hydrogens (primary N) is 1. The van der Waals surface area contributed by atoms with E-state index >= 15 is 0 Å². The molecular formula is C7H11N3OS. The summed E-state index contributed by atoms with van der Waals surface area (Å²) in [5.41, 5.74) is 5.25. The molecule has 0 aliphatic carbocycles. The van der Waals surface area contributed by atoms with Crippen molar-refractivity contribution in [2.75, 3.05) is 5.73 Å². The molecule has 3 N–H and O–H groups in total. The Balaban J connectivity index is 3.29. The van der Waals surface area contributed by atoms with Crippen molar-refractivity contribution in [3.05, 3.63) is 21.2 Å². The number of aromatic amines is 1. The van der Waals surface area contributed by atoms with Crippen molar-refractivity contribution in [2.45, 2.75) is 19.9 Å². The van der Waals surface area contributed by atoms with Crippen molar-refractivity contribution in [3.63, 3.8) is 0 Å². The van der Waals surface area contributed by atoms with Gasteiger partial charge in [-0.3, -0.25) is 9.36 Å². The Bertz CT molecular complexity index is 348. The third-order valence-corrected chi connectivity index (χ3v) is 1.81. The minimum absolute atomic E-state index is 0.141. The van der Waals surface area contributed by atoms with E-state index in [-0.39, 0.29) is 5.56 Å². The molecule has 0 spiro atoms. The SMILES string of the molecule is CCCn1c(=O)cc(N)[nH]c1=S. The van der Waals surface area contributed by atoms with Gasteiger partial charge < -0.3 is 10.7 Å². The lowest BCUT2D eigenvalue weighted by Crippen LogP contribution is -2.21. The van der Waals surface area contributed by atoms with Gasteiger partial charge in [0, 0.05) is 12.6 Å². The van der Waals surface area contributed by atoms with Gasteiger partial charge in [0.1, 0.15) is 5.82 Å². The largest absolute Gasteiger partial charge is 0.385 e. The van der Waals surface area contributed by atoms with Crippen molar-refractivity contribution in [1.82, 2.24) is 9.55 Å². The summed E-state index contributed by atoms with van der Waals surface area (Å²) in [4.78, 5) is 14.0. The van der Waals surface area contributed by atoms with Crippen LogP contribution in [0.2, 0.25) is 0 Å². The molecule has 0 amide bonds. The molecular weight excluding hydrogens is 174 g/mol. The Hall–Kier alpha value is -1.10. The summed E-state index contributed by atoms with van der Waals surface area (Å²) in [6, 6.07) is 1.34. The van der Waals surface area contributed by atoms with E-state index in [4.69, 9.17) is 18.0 Å². The average Bonchev–Trinajstić information content (AvgIpc) is 1.96. The lowest BCUT2D eigenvalue weighted by molar-refractivity contribution is 0.632. The van der Waals surface area contributed by atoms with Crippen molar-refractivity contribution in [1.29, 1.82) is 0 Å². The van der Waals surface area contributed by atoms with Crippen LogP contribution in [0, 0.1) is 4.77 Å². The first-order chi connectivity index (χ1) is 5.65. The van der Waals surface area contributed by atoms with E-state index in [1.807, 2.05) is 6.92 Å². The molecule has 0 aromatic carbocycles. The predicted octanol–water partition coefficient (Wildman–Crippen LogP) is 0.898. The maximum Gasteiger partial charge on any atom is 0.256 e. The van der Waals surface area contributed by atoms with E-state index in [9.17, 15) is 4.79 Å². The summed E-state index contributed by atoms with van der Waals surface area (Å²) in [6.07, 6.45) is 0.876. The first-order valence-electron chi connectivity index (χ1n) is 3.74. The second-order valence-corrected chi connectivity index (χ2v) is 2.91. The standard InChI is InChI=1S/C7H11N3OS/c1-2-3-10-6(11)4-5(8)9-7(10)12/h4H,2-3,8H2,1H3,(H,9,12). The summed E-state index contributed by atoms with van der Waals surface area (Å²) in [7, 11) is 0. The number of anilines is 1. The number of aromatic nitrogens is 2. The molecule has 0 atom stereocenters. The molecule has 0 saturated carbocycles. The molecule has 66 valence electrons. The van der Waals surface area contributed by atoms with Crippen molar-refractivity contribution >= 4 is 18.0 Å². The first kappa shape index (κ1) is 8.99. The molecule has 0 unspecified atom stereocenters. The molecule has 0 aliphatic rings. The molecule has 0 radical (unpaired) electrons. The highest BCUT2D eigenvalue weighted by Gasteiger charge is 1.97. The van der Waals surface area contributed by atoms with Gasteiger partial charge >= 0.3 is 0 Å². The molecule has 1 aromatic heterocycles. The maximum atomic E-state index is 11.2. The zero-order valence-electron chi connectivity index (χ0n) is 6.83. The minimum Gasteiger partial charge on any atom is -0.385 e. The van der Waals surface area contributed by atoms with Crippen LogP contribution in [0.15, 0.2) is 10.9 Å². The molecule has 1 heterocycles. The third-order valence-electron chi connectivity index (χ3n) is 1.49. The molecule has 5 heteroatoms. The quantitative estimate of drug-likeness (QED) is 0.673. The van der Waals surface area contributed by atoms with Crippen LogP contribution in [0.4, 0.5) is 5.82 Å². The van der Waals surface area contributed by atoms with Crippen LogP contribution in [0.5, 0.6) is 0 Å². The topological polar surface area (TPSA) is 63.8 Å². The van der Waals surface area contributed by atoms with Gasteiger partial charge in [-0.15, -0.1) is 0 Å². The summed E-state index contributed by atoms with van der Waals surface area (Å²) in [5.74, 6) is 0.317. The van der Waals surface area contributed by atoms with Gasteiger partial charge in [0.2, 0.25) is 0 Å². The van der Waals surface area contributed by atoms with Crippen LogP contribution >= 0.6 is 12.2 Å². The fourth-order valence-corrected chi connectivity index (χ4v) is 1.27. The van der Waals surface area contributed by atoms with Crippen molar-refractivity contribution < 1.29 is 0 Å². The van der Waals surface area contributed by atoms with Gasteiger partial charge in [-0.25, -0.2) is 0 Å². The van der Waals surface area contributed by atoms with Crippen LogP contribution in [-0.2, 0) is 6.54 Å². The molecule has 0 fully saturated rings. The number of nitrogens with zero attached hydrogens (tertiary/aromatic N) is 1. The summed E-state index contributed by atoms with van der Waals surface area (Å²) in [6.45, 7) is 2.62. The van der Waals surface area contributed by atoms with E-state index in [1.165, 1.54) is 10.6 Å². The molecule has 0 bridgehead atoms. The fraction of sp³-hybridized carbons (Fsp3) is 0.429. The summed E-state index contributed by atoms with van der Waals surface area (Å²) < 4.78 is 1.88. The van der Waals surface area contributed by atoms with Crippen LogP contribution < -0.4 is 11.3 Å². The predicted molar refractivity (Wildman–Crippen MR) is 50.6 cm³/mol. The maximum absolute atomic E-state index is 11.2. The van der Waals surface area contributed by atoms with Crippen LogP contribution in [0.3, 0.4) is 0 Å². The lowest BCUT2D eigenvalue weighted by atomic mass is 10.4. The van der Waals surface area contributed by atoms with E-state index < -0.39 is 0 Å². The lowest BCUT2D eigenvalue weighted by Gasteiger charge is -2.03. The van der Waals surface area contributed by atoms with Gasteiger partial charge in [0.25, 0.3) is 5.56 Å². The van der Waals surface area contributed by atoms with Gasteiger partial charge in [0.15, 0.2) is 4.77 Å². The molecule has 4 nitrogen and oxygen atoms in total. The second-order valence-electron chi connectivity index (χ2n) is 2.52. The zero-order valence-corrected chi connectivity index (χ0v) is 7.65. The monoisotopic (exact) mass is 185 g/mol. The molecule has 1 rings (SSSR count). The number of rotatable bonds is 2. The molecule has 0 aliphatic heterocycles. The second kappa shape index (κ2) is 3.53. The summed E-state index contributed by atoms with van der Waals surface area (Å²) in [5, 5.41) is 0. The van der Waals surface area contributed by atoms with Gasteiger partial charge in [-0.2, -0.15) is 0 Å². The van der Waals surface area contributed by atoms with E-state index in [0.29, 0.717) is 17.1 Å². The van der Waals surface area contributed by atoms with Gasteiger partial charge in [0.05, 0.1) is 0 Å². The normalized spacial score (nSPS) is 10.1. The Morgan fingerprint density at radius 2 is 2.42 bits per heavy atom. The number of H-pyrrole nitrogens is 1. The Kier molecular flexibility index (Phi) is 2.65. The van der Waals surface area contributed by atoms with E-state index in [1.54, 1.807) is 0 Å². The zero-order chi connectivity index (χ0) is 9.14. The number of hydrogen-bond donors (Lipinski definition) is 2. The van der Waals surface area contributed by atoms with Crippen molar-refractivity contribution in [3.8, 4) is 0 Å². The van der Waals surface area contributed by atoms with Crippen LogP contribution in [0.1, 0.15) is 13.3 Å². The molecule has 1 aromatic rings. The Morgan fingerprint density at radius 1 is 1.75 bits per heavy atom. The number of nitrogen functional groups attached to an aromatic ring is 1. The van der Waals surface area contributed by atoms with Gasteiger partial charge in [-0.1, -0.05) is 6.92 Å². The highest BCUT2D eigenvalue weighted by molar-refractivity contribution is 7.71. The average molecular weight is 185 g/mol. The fourth-order valence-electron chi connectivity index (χ4n) is 0.973. The van der Waals surface area contributed by atoms with E-state index in [2.05, 4.69) is 4.98 Å². The van der Waals surface area contributed by atoms with Gasteiger partial charge in [-0.05, 0) is 18.6 Å². The van der Waals surface area contributed by atoms with E-state index in [0.717, 1.165) is 6.42 Å².